The lowest BCUT2D eigenvalue weighted by atomic mass is 9.97. The third kappa shape index (κ3) is 5.69. The molecule has 2 aliphatic rings. The highest BCUT2D eigenvalue weighted by Crippen LogP contribution is 2.29. The normalized spacial score (nSPS) is 23.0. The van der Waals surface area contributed by atoms with Gasteiger partial charge in [-0.3, -0.25) is 0 Å². The minimum atomic E-state index is -0.561. The number of nitrogens with zero attached hydrogens (tertiary/aromatic N) is 1. The molecule has 0 spiro atoms. The van der Waals surface area contributed by atoms with Gasteiger partial charge in [-0.15, -0.1) is 0 Å². The van der Waals surface area contributed by atoms with E-state index in [1.165, 1.54) is 0 Å². The van der Waals surface area contributed by atoms with Crippen LogP contribution in [-0.2, 0) is 9.47 Å². The SMILES string of the molecule is C/C=C/c1ccc(OCC(O)CN2CCCC(C3OCCO3)C2)c(OC)c1. The van der Waals surface area contributed by atoms with E-state index in [-0.39, 0.29) is 12.9 Å². The maximum atomic E-state index is 10.4. The molecule has 0 amide bonds. The quantitative estimate of drug-likeness (QED) is 0.751. The van der Waals surface area contributed by atoms with E-state index in [1.54, 1.807) is 7.11 Å². The van der Waals surface area contributed by atoms with E-state index in [0.29, 0.717) is 37.2 Å². The van der Waals surface area contributed by atoms with Crippen LogP contribution in [0, 0.1) is 5.92 Å². The zero-order valence-corrected chi connectivity index (χ0v) is 16.3. The van der Waals surface area contributed by atoms with Gasteiger partial charge in [-0.1, -0.05) is 18.2 Å². The van der Waals surface area contributed by atoms with Crippen molar-refractivity contribution in [2.45, 2.75) is 32.2 Å². The fourth-order valence-electron chi connectivity index (χ4n) is 3.76. The number of hydrogen-bond donors (Lipinski definition) is 1. The molecule has 0 radical (unpaired) electrons. The highest BCUT2D eigenvalue weighted by molar-refractivity contribution is 5.55. The van der Waals surface area contributed by atoms with Crippen molar-refractivity contribution < 1.29 is 24.1 Å². The largest absolute Gasteiger partial charge is 0.493 e. The van der Waals surface area contributed by atoms with Crippen molar-refractivity contribution in [3.63, 3.8) is 0 Å². The fraction of sp³-hybridized carbons (Fsp3) is 0.619. The van der Waals surface area contributed by atoms with E-state index < -0.39 is 6.10 Å². The minimum absolute atomic E-state index is 0.0823. The summed E-state index contributed by atoms with van der Waals surface area (Å²) in [7, 11) is 1.62. The summed E-state index contributed by atoms with van der Waals surface area (Å²) in [6.07, 6.45) is 5.55. The summed E-state index contributed by atoms with van der Waals surface area (Å²) in [5.41, 5.74) is 1.05. The van der Waals surface area contributed by atoms with Gasteiger partial charge in [-0.05, 0) is 44.0 Å². The van der Waals surface area contributed by atoms with Crippen molar-refractivity contribution in [2.24, 2.45) is 5.92 Å². The van der Waals surface area contributed by atoms with Crippen molar-refractivity contribution in [1.82, 2.24) is 4.90 Å². The first kappa shape index (κ1) is 20.1. The topological polar surface area (TPSA) is 60.4 Å². The number of aliphatic hydroxyl groups is 1. The molecule has 1 N–H and O–H groups in total. The number of allylic oxidation sites excluding steroid dienone is 1. The number of hydrogen-bond acceptors (Lipinski definition) is 6. The number of benzene rings is 1. The minimum Gasteiger partial charge on any atom is -0.493 e. The Kier molecular flexibility index (Phi) is 7.52. The smallest absolute Gasteiger partial charge is 0.161 e. The lowest BCUT2D eigenvalue weighted by molar-refractivity contribution is -0.103. The first-order valence-corrected chi connectivity index (χ1v) is 9.76. The lowest BCUT2D eigenvalue weighted by Gasteiger charge is -2.35. The highest BCUT2D eigenvalue weighted by atomic mass is 16.7. The van der Waals surface area contributed by atoms with Crippen molar-refractivity contribution in [2.75, 3.05) is 46.6 Å². The van der Waals surface area contributed by atoms with Gasteiger partial charge in [-0.2, -0.15) is 0 Å². The molecule has 2 aliphatic heterocycles. The van der Waals surface area contributed by atoms with Crippen LogP contribution in [-0.4, -0.2) is 69.0 Å². The van der Waals surface area contributed by atoms with E-state index in [1.807, 2.05) is 37.3 Å². The van der Waals surface area contributed by atoms with Gasteiger partial charge in [0.15, 0.2) is 17.8 Å². The van der Waals surface area contributed by atoms with Crippen LogP contribution in [0.5, 0.6) is 11.5 Å². The Morgan fingerprint density at radius 1 is 1.30 bits per heavy atom. The zero-order chi connectivity index (χ0) is 19.1. The Bertz CT molecular complexity index is 615. The van der Waals surface area contributed by atoms with Crippen LogP contribution in [0.2, 0.25) is 0 Å². The van der Waals surface area contributed by atoms with E-state index in [0.717, 1.165) is 31.5 Å². The highest BCUT2D eigenvalue weighted by Gasteiger charge is 2.31. The Morgan fingerprint density at radius 3 is 2.85 bits per heavy atom. The van der Waals surface area contributed by atoms with Crippen LogP contribution < -0.4 is 9.47 Å². The van der Waals surface area contributed by atoms with Crippen molar-refractivity contribution in [1.29, 1.82) is 0 Å². The molecule has 1 aromatic carbocycles. The number of likely N-dealkylation sites (tertiary alicyclic amines) is 1. The summed E-state index contributed by atoms with van der Waals surface area (Å²) in [4.78, 5) is 2.28. The maximum Gasteiger partial charge on any atom is 0.161 e. The van der Waals surface area contributed by atoms with E-state index in [4.69, 9.17) is 18.9 Å². The van der Waals surface area contributed by atoms with Crippen LogP contribution in [0.25, 0.3) is 6.08 Å². The van der Waals surface area contributed by atoms with Gasteiger partial charge in [-0.25, -0.2) is 0 Å². The molecule has 2 atom stereocenters. The number of piperidine rings is 1. The molecule has 27 heavy (non-hydrogen) atoms. The number of rotatable bonds is 8. The fourth-order valence-corrected chi connectivity index (χ4v) is 3.76. The molecular weight excluding hydrogens is 346 g/mol. The average Bonchev–Trinajstić information content (AvgIpc) is 3.22. The Morgan fingerprint density at radius 2 is 2.11 bits per heavy atom. The van der Waals surface area contributed by atoms with Gasteiger partial charge < -0.3 is 29.0 Å². The molecule has 2 heterocycles. The molecule has 150 valence electrons. The summed E-state index contributed by atoms with van der Waals surface area (Å²) in [5.74, 6) is 1.70. The average molecular weight is 377 g/mol. The molecule has 6 heteroatoms. The van der Waals surface area contributed by atoms with Gasteiger partial charge in [0, 0.05) is 19.0 Å². The lowest BCUT2D eigenvalue weighted by Crippen LogP contribution is -2.44. The molecule has 1 aromatic rings. The standard InChI is InChI=1S/C21H31NO5/c1-3-5-16-7-8-19(20(12-16)24-2)27-15-18(23)14-22-9-4-6-17(13-22)21-25-10-11-26-21/h3,5,7-8,12,17-18,21,23H,4,6,9-11,13-15H2,1-2H3/b5-3+. The first-order chi connectivity index (χ1) is 13.2. The monoisotopic (exact) mass is 377 g/mol. The third-order valence-corrected chi connectivity index (χ3v) is 5.02. The summed E-state index contributed by atoms with van der Waals surface area (Å²) < 4.78 is 22.5. The second-order valence-electron chi connectivity index (χ2n) is 7.15. The predicted octanol–water partition coefficient (Wildman–Crippen LogP) is 2.55. The Balaban J connectivity index is 1.48. The summed E-state index contributed by atoms with van der Waals surface area (Å²) in [5, 5.41) is 10.4. The summed E-state index contributed by atoms with van der Waals surface area (Å²) in [6.45, 7) is 6.05. The molecule has 2 saturated heterocycles. The molecule has 0 saturated carbocycles. The van der Waals surface area contributed by atoms with Crippen LogP contribution in [0.4, 0.5) is 0 Å². The van der Waals surface area contributed by atoms with Gasteiger partial charge in [0.05, 0.1) is 20.3 Å². The van der Waals surface area contributed by atoms with Gasteiger partial charge in [0.2, 0.25) is 0 Å². The zero-order valence-electron chi connectivity index (χ0n) is 16.3. The second-order valence-corrected chi connectivity index (χ2v) is 7.15. The summed E-state index contributed by atoms with van der Waals surface area (Å²) >= 11 is 0. The van der Waals surface area contributed by atoms with Crippen LogP contribution in [0.15, 0.2) is 24.3 Å². The molecule has 2 fully saturated rings. The summed E-state index contributed by atoms with van der Waals surface area (Å²) in [6, 6.07) is 5.78. The van der Waals surface area contributed by atoms with Crippen LogP contribution in [0.3, 0.4) is 0 Å². The Labute approximate surface area is 161 Å². The number of aliphatic hydroxyl groups excluding tert-OH is 1. The first-order valence-electron chi connectivity index (χ1n) is 9.76. The second kappa shape index (κ2) is 10.1. The van der Waals surface area contributed by atoms with Crippen molar-refractivity contribution in [3.05, 3.63) is 29.8 Å². The number of β-amino-alcohol motifs (C(OH)–C–C–N with tert-alkyl or cyclic N) is 1. The van der Waals surface area contributed by atoms with E-state index >= 15 is 0 Å². The molecule has 0 aliphatic carbocycles. The van der Waals surface area contributed by atoms with E-state index in [9.17, 15) is 5.11 Å². The predicted molar refractivity (Wildman–Crippen MR) is 104 cm³/mol. The molecule has 3 rings (SSSR count). The maximum absolute atomic E-state index is 10.4. The molecule has 0 bridgehead atoms. The number of ether oxygens (including phenoxy) is 4. The Hall–Kier alpha value is -1.60. The van der Waals surface area contributed by atoms with E-state index in [2.05, 4.69) is 4.90 Å². The molecule has 6 nitrogen and oxygen atoms in total. The van der Waals surface area contributed by atoms with Gasteiger partial charge in [0.25, 0.3) is 0 Å². The van der Waals surface area contributed by atoms with Gasteiger partial charge >= 0.3 is 0 Å². The molecule has 0 aromatic heterocycles. The van der Waals surface area contributed by atoms with Gasteiger partial charge in [0.1, 0.15) is 12.7 Å². The molecular formula is C21H31NO5. The van der Waals surface area contributed by atoms with Crippen LogP contribution >= 0.6 is 0 Å². The molecule has 2 unspecified atom stereocenters. The van der Waals surface area contributed by atoms with Crippen LogP contribution in [0.1, 0.15) is 25.3 Å². The van der Waals surface area contributed by atoms with Crippen molar-refractivity contribution >= 4 is 6.08 Å². The van der Waals surface area contributed by atoms with Crippen molar-refractivity contribution in [3.8, 4) is 11.5 Å². The third-order valence-electron chi connectivity index (χ3n) is 5.02. The number of methoxy groups -OCH3 is 1.